The van der Waals surface area contributed by atoms with Crippen LogP contribution in [0.5, 0.6) is 0 Å². The predicted octanol–water partition coefficient (Wildman–Crippen LogP) is 1.94. The molecule has 0 aliphatic carbocycles. The first-order valence-corrected chi connectivity index (χ1v) is 5.07. The van der Waals surface area contributed by atoms with Crippen molar-refractivity contribution in [3.63, 3.8) is 0 Å². The molecule has 0 saturated carbocycles. The number of halogens is 1. The van der Waals surface area contributed by atoms with Crippen LogP contribution in [0.15, 0.2) is 22.9 Å². The van der Waals surface area contributed by atoms with Crippen molar-refractivity contribution in [3.05, 3.63) is 22.9 Å². The lowest BCUT2D eigenvalue weighted by atomic mass is 10.3. The van der Waals surface area contributed by atoms with Crippen LogP contribution >= 0.6 is 27.3 Å². The Morgan fingerprint density at radius 3 is 2.85 bits per heavy atom. The molecule has 2 aromatic heterocycles. The summed E-state index contributed by atoms with van der Waals surface area (Å²) in [7, 11) is 0. The number of nitrogen functional groups attached to an aromatic ring is 1. The first-order valence-electron chi connectivity index (χ1n) is 3.46. The molecule has 0 aromatic carbocycles. The molecule has 0 aliphatic heterocycles. The van der Waals surface area contributed by atoms with E-state index in [-0.39, 0.29) is 0 Å². The van der Waals surface area contributed by atoms with Gasteiger partial charge in [0.2, 0.25) is 5.13 Å². The van der Waals surface area contributed by atoms with Crippen molar-refractivity contribution in [3.8, 4) is 10.6 Å². The van der Waals surface area contributed by atoms with Gasteiger partial charge in [-0.05, 0) is 22.0 Å². The van der Waals surface area contributed by atoms with E-state index in [0.717, 1.165) is 15.0 Å². The predicted molar refractivity (Wildman–Crippen MR) is 55.3 cm³/mol. The Morgan fingerprint density at radius 2 is 2.23 bits per heavy atom. The van der Waals surface area contributed by atoms with Crippen molar-refractivity contribution in [2.24, 2.45) is 0 Å². The second-order valence-electron chi connectivity index (χ2n) is 2.30. The van der Waals surface area contributed by atoms with E-state index in [2.05, 4.69) is 31.1 Å². The Kier molecular flexibility index (Phi) is 2.24. The second kappa shape index (κ2) is 3.39. The summed E-state index contributed by atoms with van der Waals surface area (Å²) >= 11 is 4.73. The van der Waals surface area contributed by atoms with Crippen molar-refractivity contribution in [1.29, 1.82) is 0 Å². The lowest BCUT2D eigenvalue weighted by molar-refractivity contribution is 1.10. The van der Waals surface area contributed by atoms with Crippen molar-refractivity contribution in [2.45, 2.75) is 0 Å². The maximum Gasteiger partial charge on any atom is 0.203 e. The lowest BCUT2D eigenvalue weighted by Gasteiger charge is -1.96. The molecule has 0 radical (unpaired) electrons. The highest BCUT2D eigenvalue weighted by Gasteiger charge is 2.07. The van der Waals surface area contributed by atoms with E-state index < -0.39 is 0 Å². The van der Waals surface area contributed by atoms with E-state index in [4.69, 9.17) is 5.73 Å². The first-order chi connectivity index (χ1) is 6.27. The van der Waals surface area contributed by atoms with Gasteiger partial charge in [-0.1, -0.05) is 11.3 Å². The van der Waals surface area contributed by atoms with Crippen LogP contribution < -0.4 is 5.73 Å². The maximum atomic E-state index is 5.48. The van der Waals surface area contributed by atoms with Crippen LogP contribution in [0.3, 0.4) is 0 Å². The molecule has 2 N–H and O–H groups in total. The fraction of sp³-hybridized carbons (Fsp3) is 0. The van der Waals surface area contributed by atoms with Crippen molar-refractivity contribution >= 4 is 32.4 Å². The molecule has 2 heterocycles. The van der Waals surface area contributed by atoms with Gasteiger partial charge in [-0.2, -0.15) is 0 Å². The lowest BCUT2D eigenvalue weighted by Crippen LogP contribution is -1.81. The summed E-state index contributed by atoms with van der Waals surface area (Å²) in [5, 5.41) is 8.94. The van der Waals surface area contributed by atoms with Crippen LogP contribution in [0, 0.1) is 0 Å². The standard InChI is InChI=1S/C7H5BrN4S/c8-5-3-10-2-1-4(5)6-11-12-7(9)13-6/h1-3H,(H2,9,12). The molecule has 0 amide bonds. The van der Waals surface area contributed by atoms with E-state index in [1.54, 1.807) is 12.4 Å². The third-order valence-corrected chi connectivity index (χ3v) is 2.86. The number of rotatable bonds is 1. The molecule has 0 bridgehead atoms. The molecule has 2 rings (SSSR count). The maximum absolute atomic E-state index is 5.48. The molecule has 0 atom stereocenters. The van der Waals surface area contributed by atoms with Gasteiger partial charge in [-0.15, -0.1) is 10.2 Å². The molecule has 0 spiro atoms. The van der Waals surface area contributed by atoms with Gasteiger partial charge in [0.1, 0.15) is 0 Å². The molecular formula is C7H5BrN4S. The van der Waals surface area contributed by atoms with Crippen LogP contribution in [0.1, 0.15) is 0 Å². The summed E-state index contributed by atoms with van der Waals surface area (Å²) in [6.07, 6.45) is 3.42. The molecule has 2 aromatic rings. The molecule has 6 heteroatoms. The number of anilines is 1. The van der Waals surface area contributed by atoms with Gasteiger partial charge in [0.15, 0.2) is 5.01 Å². The minimum Gasteiger partial charge on any atom is -0.374 e. The third-order valence-electron chi connectivity index (χ3n) is 1.44. The minimum absolute atomic E-state index is 0.471. The van der Waals surface area contributed by atoms with Gasteiger partial charge in [-0.25, -0.2) is 0 Å². The zero-order valence-corrected chi connectivity index (χ0v) is 8.84. The smallest absolute Gasteiger partial charge is 0.203 e. The number of aromatic nitrogens is 3. The van der Waals surface area contributed by atoms with Crippen LogP contribution in [0.25, 0.3) is 10.6 Å². The topological polar surface area (TPSA) is 64.7 Å². The summed E-state index contributed by atoms with van der Waals surface area (Å²) < 4.78 is 0.895. The first kappa shape index (κ1) is 8.58. The number of pyridine rings is 1. The van der Waals surface area contributed by atoms with Crippen LogP contribution in [-0.2, 0) is 0 Å². The Labute approximate surface area is 87.0 Å². The van der Waals surface area contributed by atoms with Gasteiger partial charge >= 0.3 is 0 Å². The zero-order valence-electron chi connectivity index (χ0n) is 6.44. The van der Waals surface area contributed by atoms with E-state index in [1.165, 1.54) is 11.3 Å². The van der Waals surface area contributed by atoms with E-state index in [9.17, 15) is 0 Å². The number of hydrogen-bond donors (Lipinski definition) is 1. The van der Waals surface area contributed by atoms with Crippen molar-refractivity contribution < 1.29 is 0 Å². The van der Waals surface area contributed by atoms with Gasteiger partial charge in [-0.3, -0.25) is 4.98 Å². The molecule has 0 unspecified atom stereocenters. The molecule has 0 saturated heterocycles. The van der Waals surface area contributed by atoms with Crippen LogP contribution in [0.2, 0.25) is 0 Å². The molecule has 4 nitrogen and oxygen atoms in total. The monoisotopic (exact) mass is 256 g/mol. The fourth-order valence-electron chi connectivity index (χ4n) is 0.892. The summed E-state index contributed by atoms with van der Waals surface area (Å²) in [6.45, 7) is 0. The molecule has 66 valence electrons. The average molecular weight is 257 g/mol. The molecular weight excluding hydrogens is 252 g/mol. The SMILES string of the molecule is Nc1nnc(-c2ccncc2Br)s1. The Balaban J connectivity index is 2.52. The molecule has 0 fully saturated rings. The van der Waals surface area contributed by atoms with E-state index >= 15 is 0 Å². The zero-order chi connectivity index (χ0) is 9.26. The summed E-state index contributed by atoms with van der Waals surface area (Å²) in [5.74, 6) is 0. The van der Waals surface area contributed by atoms with Gasteiger partial charge in [0.25, 0.3) is 0 Å². The van der Waals surface area contributed by atoms with Crippen molar-refractivity contribution in [2.75, 3.05) is 5.73 Å². The Hall–Kier alpha value is -1.01. The summed E-state index contributed by atoms with van der Waals surface area (Å²) in [4.78, 5) is 3.96. The summed E-state index contributed by atoms with van der Waals surface area (Å²) in [6, 6.07) is 1.87. The third kappa shape index (κ3) is 1.68. The van der Waals surface area contributed by atoms with Crippen LogP contribution in [0.4, 0.5) is 5.13 Å². The fourth-order valence-corrected chi connectivity index (χ4v) is 2.11. The van der Waals surface area contributed by atoms with E-state index in [0.29, 0.717) is 5.13 Å². The number of nitrogens with zero attached hydrogens (tertiary/aromatic N) is 3. The molecule has 0 aliphatic rings. The quantitative estimate of drug-likeness (QED) is 0.847. The normalized spacial score (nSPS) is 10.2. The summed E-state index contributed by atoms with van der Waals surface area (Å²) in [5.41, 5.74) is 6.44. The van der Waals surface area contributed by atoms with E-state index in [1.807, 2.05) is 6.07 Å². The highest BCUT2D eigenvalue weighted by Crippen LogP contribution is 2.29. The average Bonchev–Trinajstić information content (AvgIpc) is 2.53. The largest absolute Gasteiger partial charge is 0.374 e. The van der Waals surface area contributed by atoms with Gasteiger partial charge in [0.05, 0.1) is 0 Å². The molecule has 13 heavy (non-hydrogen) atoms. The Bertz CT molecular complexity index is 428. The highest BCUT2D eigenvalue weighted by molar-refractivity contribution is 9.10. The number of hydrogen-bond acceptors (Lipinski definition) is 5. The van der Waals surface area contributed by atoms with Gasteiger partial charge in [0, 0.05) is 22.4 Å². The van der Waals surface area contributed by atoms with Crippen LogP contribution in [-0.4, -0.2) is 15.2 Å². The Morgan fingerprint density at radius 1 is 1.38 bits per heavy atom. The number of nitrogens with two attached hydrogens (primary N) is 1. The second-order valence-corrected chi connectivity index (χ2v) is 4.16. The van der Waals surface area contributed by atoms with Gasteiger partial charge < -0.3 is 5.73 Å². The highest BCUT2D eigenvalue weighted by atomic mass is 79.9. The minimum atomic E-state index is 0.471. The van der Waals surface area contributed by atoms with Crippen molar-refractivity contribution in [1.82, 2.24) is 15.2 Å².